The van der Waals surface area contributed by atoms with Crippen LogP contribution in [0.5, 0.6) is 0 Å². The maximum atomic E-state index is 11.8. The first-order chi connectivity index (χ1) is 8.90. The van der Waals surface area contributed by atoms with Gasteiger partial charge in [0.05, 0.1) is 4.90 Å². The molecule has 1 rings (SSSR count). The SMILES string of the molecule is CNS(=O)(=O)c1cc(NC(=O)CCCCl)ccc1C. The zero-order chi connectivity index (χ0) is 14.5. The van der Waals surface area contributed by atoms with Crippen molar-refractivity contribution in [1.29, 1.82) is 0 Å². The van der Waals surface area contributed by atoms with E-state index in [1.807, 2.05) is 0 Å². The van der Waals surface area contributed by atoms with Crippen molar-refractivity contribution in [3.05, 3.63) is 23.8 Å². The molecule has 2 N–H and O–H groups in total. The maximum Gasteiger partial charge on any atom is 0.240 e. The summed E-state index contributed by atoms with van der Waals surface area (Å²) >= 11 is 5.51. The van der Waals surface area contributed by atoms with E-state index >= 15 is 0 Å². The van der Waals surface area contributed by atoms with Gasteiger partial charge in [-0.05, 0) is 38.1 Å². The number of carbonyl (C=O) groups is 1. The lowest BCUT2D eigenvalue weighted by Gasteiger charge is -2.10. The number of benzene rings is 1. The number of alkyl halides is 1. The van der Waals surface area contributed by atoms with Gasteiger partial charge in [0.25, 0.3) is 0 Å². The molecule has 1 aromatic rings. The van der Waals surface area contributed by atoms with Crippen LogP contribution >= 0.6 is 11.6 Å². The number of hydrogen-bond donors (Lipinski definition) is 2. The lowest BCUT2D eigenvalue weighted by Crippen LogP contribution is -2.20. The summed E-state index contributed by atoms with van der Waals surface area (Å²) in [5.74, 6) is 0.234. The molecule has 0 spiro atoms. The summed E-state index contributed by atoms with van der Waals surface area (Å²) in [6.07, 6.45) is 0.895. The molecule has 0 aliphatic heterocycles. The molecule has 0 heterocycles. The first-order valence-corrected chi connectivity index (χ1v) is 7.82. The first kappa shape index (κ1) is 15.9. The molecule has 0 bridgehead atoms. The van der Waals surface area contributed by atoms with E-state index in [9.17, 15) is 13.2 Å². The zero-order valence-electron chi connectivity index (χ0n) is 10.9. The number of sulfonamides is 1. The maximum absolute atomic E-state index is 11.8. The van der Waals surface area contributed by atoms with Gasteiger partial charge in [-0.15, -0.1) is 11.6 Å². The molecule has 1 amide bonds. The van der Waals surface area contributed by atoms with Crippen LogP contribution in [0.25, 0.3) is 0 Å². The molecule has 106 valence electrons. The van der Waals surface area contributed by atoms with Crippen LogP contribution in [0, 0.1) is 6.92 Å². The standard InChI is InChI=1S/C12H17ClN2O3S/c1-9-5-6-10(15-12(16)4-3-7-13)8-11(9)19(17,18)14-2/h5-6,8,14H,3-4,7H2,1-2H3,(H,15,16). The minimum atomic E-state index is -3.53. The van der Waals surface area contributed by atoms with Crippen LogP contribution in [0.3, 0.4) is 0 Å². The number of amides is 1. The van der Waals surface area contributed by atoms with Crippen molar-refractivity contribution < 1.29 is 13.2 Å². The highest BCUT2D eigenvalue weighted by molar-refractivity contribution is 7.89. The molecule has 0 aliphatic rings. The van der Waals surface area contributed by atoms with Crippen LogP contribution in [0.15, 0.2) is 23.1 Å². The molecular weight excluding hydrogens is 288 g/mol. The van der Waals surface area contributed by atoms with Crippen molar-refractivity contribution >= 4 is 33.2 Å². The van der Waals surface area contributed by atoms with Gasteiger partial charge in [-0.3, -0.25) is 4.79 Å². The Morgan fingerprint density at radius 3 is 2.63 bits per heavy atom. The van der Waals surface area contributed by atoms with E-state index in [2.05, 4.69) is 10.0 Å². The average molecular weight is 305 g/mol. The second-order valence-electron chi connectivity index (χ2n) is 4.03. The number of carbonyl (C=O) groups excluding carboxylic acids is 1. The Labute approximate surface area is 118 Å². The summed E-state index contributed by atoms with van der Waals surface area (Å²) in [4.78, 5) is 11.7. The Bertz CT molecular complexity index is 558. The van der Waals surface area contributed by atoms with Gasteiger partial charge in [-0.2, -0.15) is 0 Å². The minimum absolute atomic E-state index is 0.158. The Hall–Kier alpha value is -1.11. The van der Waals surface area contributed by atoms with E-state index in [4.69, 9.17) is 11.6 Å². The predicted octanol–water partition coefficient (Wildman–Crippen LogP) is 1.86. The third-order valence-corrected chi connectivity index (χ3v) is 4.39. The fourth-order valence-corrected chi connectivity index (χ4v) is 2.66. The minimum Gasteiger partial charge on any atom is -0.326 e. The second kappa shape index (κ2) is 6.88. The lowest BCUT2D eigenvalue weighted by molar-refractivity contribution is -0.116. The van der Waals surface area contributed by atoms with Crippen LogP contribution in [-0.2, 0) is 14.8 Å². The molecule has 0 fully saturated rings. The molecule has 19 heavy (non-hydrogen) atoms. The summed E-state index contributed by atoms with van der Waals surface area (Å²) < 4.78 is 25.8. The number of hydrogen-bond acceptors (Lipinski definition) is 3. The molecule has 0 radical (unpaired) electrons. The summed E-state index contributed by atoms with van der Waals surface area (Å²) in [5, 5.41) is 2.65. The van der Waals surface area contributed by atoms with E-state index in [-0.39, 0.29) is 10.8 Å². The highest BCUT2D eigenvalue weighted by Gasteiger charge is 2.15. The van der Waals surface area contributed by atoms with Gasteiger partial charge < -0.3 is 5.32 Å². The van der Waals surface area contributed by atoms with Gasteiger partial charge in [-0.25, -0.2) is 13.1 Å². The second-order valence-corrected chi connectivity index (χ2v) is 6.26. The molecule has 0 saturated carbocycles. The molecule has 0 saturated heterocycles. The van der Waals surface area contributed by atoms with Gasteiger partial charge in [0.15, 0.2) is 0 Å². The summed E-state index contributed by atoms with van der Waals surface area (Å²) in [7, 11) is -2.18. The third-order valence-electron chi connectivity index (χ3n) is 2.57. The quantitative estimate of drug-likeness (QED) is 0.788. The highest BCUT2D eigenvalue weighted by Crippen LogP contribution is 2.20. The van der Waals surface area contributed by atoms with Gasteiger partial charge in [0, 0.05) is 18.0 Å². The van der Waals surface area contributed by atoms with E-state index in [0.717, 1.165) is 0 Å². The summed E-state index contributed by atoms with van der Waals surface area (Å²) in [5.41, 5.74) is 1.08. The molecule has 1 aromatic carbocycles. The molecule has 0 atom stereocenters. The Kier molecular flexibility index (Phi) is 5.78. The third kappa shape index (κ3) is 4.49. The average Bonchev–Trinajstić information content (AvgIpc) is 2.38. The number of nitrogens with one attached hydrogen (secondary N) is 2. The van der Waals surface area contributed by atoms with Gasteiger partial charge in [0.2, 0.25) is 15.9 Å². The molecule has 0 unspecified atom stereocenters. The van der Waals surface area contributed by atoms with E-state index in [0.29, 0.717) is 30.0 Å². The van der Waals surface area contributed by atoms with Crippen LogP contribution in [-0.4, -0.2) is 27.3 Å². The van der Waals surface area contributed by atoms with Crippen molar-refractivity contribution in [1.82, 2.24) is 4.72 Å². The van der Waals surface area contributed by atoms with Crippen molar-refractivity contribution in [2.45, 2.75) is 24.7 Å². The number of halogens is 1. The first-order valence-electron chi connectivity index (χ1n) is 5.80. The fraction of sp³-hybridized carbons (Fsp3) is 0.417. The van der Waals surface area contributed by atoms with Crippen LogP contribution in [0.2, 0.25) is 0 Å². The largest absolute Gasteiger partial charge is 0.326 e. The van der Waals surface area contributed by atoms with Crippen LogP contribution < -0.4 is 10.0 Å². The van der Waals surface area contributed by atoms with Crippen molar-refractivity contribution in [3.63, 3.8) is 0 Å². The molecule has 7 heteroatoms. The molecular formula is C12H17ClN2O3S. The van der Waals surface area contributed by atoms with E-state index in [1.54, 1.807) is 19.1 Å². The van der Waals surface area contributed by atoms with Crippen molar-refractivity contribution in [2.24, 2.45) is 0 Å². The Morgan fingerprint density at radius 2 is 2.05 bits per heavy atom. The van der Waals surface area contributed by atoms with E-state index < -0.39 is 10.0 Å². The van der Waals surface area contributed by atoms with Crippen LogP contribution in [0.1, 0.15) is 18.4 Å². The van der Waals surface area contributed by atoms with Crippen LogP contribution in [0.4, 0.5) is 5.69 Å². The predicted molar refractivity (Wildman–Crippen MR) is 76.0 cm³/mol. The normalized spacial score (nSPS) is 11.3. The molecule has 0 aliphatic carbocycles. The van der Waals surface area contributed by atoms with Gasteiger partial charge in [-0.1, -0.05) is 6.07 Å². The fourth-order valence-electron chi connectivity index (χ4n) is 1.53. The zero-order valence-corrected chi connectivity index (χ0v) is 12.4. The number of rotatable bonds is 6. The van der Waals surface area contributed by atoms with E-state index in [1.165, 1.54) is 13.1 Å². The lowest BCUT2D eigenvalue weighted by atomic mass is 10.2. The number of aryl methyl sites for hydroxylation is 1. The summed E-state index contributed by atoms with van der Waals surface area (Å²) in [6, 6.07) is 4.77. The topological polar surface area (TPSA) is 75.3 Å². The van der Waals surface area contributed by atoms with Gasteiger partial charge in [0.1, 0.15) is 0 Å². The van der Waals surface area contributed by atoms with Crippen molar-refractivity contribution in [2.75, 3.05) is 18.2 Å². The van der Waals surface area contributed by atoms with Crippen molar-refractivity contribution in [3.8, 4) is 0 Å². The molecule has 0 aromatic heterocycles. The summed E-state index contributed by atoms with van der Waals surface area (Å²) in [6.45, 7) is 1.70. The Balaban J connectivity index is 2.94. The van der Waals surface area contributed by atoms with Gasteiger partial charge >= 0.3 is 0 Å². The Morgan fingerprint density at radius 1 is 1.37 bits per heavy atom. The molecule has 5 nitrogen and oxygen atoms in total. The monoisotopic (exact) mass is 304 g/mol. The smallest absolute Gasteiger partial charge is 0.240 e. The number of anilines is 1. The highest BCUT2D eigenvalue weighted by atomic mass is 35.5.